The van der Waals surface area contributed by atoms with Crippen LogP contribution in [0.2, 0.25) is 0 Å². The normalized spacial score (nSPS) is 21.3. The molecular weight excluding hydrogens is 268 g/mol. The van der Waals surface area contributed by atoms with Crippen molar-refractivity contribution >= 4 is 5.91 Å². The summed E-state index contributed by atoms with van der Waals surface area (Å²) >= 11 is 0. The molecule has 1 atom stereocenters. The highest BCUT2D eigenvalue weighted by Gasteiger charge is 2.24. The molecule has 3 rings (SSSR count). The van der Waals surface area contributed by atoms with E-state index in [1.165, 1.54) is 5.56 Å². The molecule has 2 aliphatic rings. The first kappa shape index (κ1) is 14.4. The van der Waals surface area contributed by atoms with E-state index in [1.54, 1.807) is 6.07 Å². The zero-order valence-electron chi connectivity index (χ0n) is 12.2. The Morgan fingerprint density at radius 1 is 1.38 bits per heavy atom. The predicted molar refractivity (Wildman–Crippen MR) is 79.2 cm³/mol. The van der Waals surface area contributed by atoms with Crippen LogP contribution in [-0.2, 0) is 16.0 Å². The number of ether oxygens (including phenoxy) is 1. The molecule has 0 saturated carbocycles. The summed E-state index contributed by atoms with van der Waals surface area (Å²) in [6.45, 7) is 3.39. The lowest BCUT2D eigenvalue weighted by Crippen LogP contribution is -2.41. The molecule has 1 amide bonds. The van der Waals surface area contributed by atoms with E-state index in [2.05, 4.69) is 11.4 Å². The van der Waals surface area contributed by atoms with Crippen LogP contribution in [0.4, 0.5) is 0 Å². The van der Waals surface area contributed by atoms with Crippen LogP contribution < -0.4 is 5.32 Å². The predicted octanol–water partition coefficient (Wildman–Crippen LogP) is 1.22. The Bertz CT molecular complexity index is 512. The molecule has 5 nitrogen and oxygen atoms in total. The average molecular weight is 290 g/mol. The van der Waals surface area contributed by atoms with Crippen LogP contribution in [0.25, 0.3) is 0 Å². The Labute approximate surface area is 124 Å². The van der Waals surface area contributed by atoms with Gasteiger partial charge in [0.2, 0.25) is 5.91 Å². The van der Waals surface area contributed by atoms with Crippen LogP contribution in [0.15, 0.2) is 18.2 Å². The Morgan fingerprint density at radius 2 is 2.19 bits per heavy atom. The van der Waals surface area contributed by atoms with E-state index in [4.69, 9.17) is 4.74 Å². The molecule has 1 heterocycles. The van der Waals surface area contributed by atoms with Crippen LogP contribution in [0.5, 0.6) is 5.75 Å². The number of aromatic hydroxyl groups is 1. The van der Waals surface area contributed by atoms with Crippen LogP contribution in [-0.4, -0.2) is 48.8 Å². The summed E-state index contributed by atoms with van der Waals surface area (Å²) in [6.07, 6.45) is 2.40. The molecular formula is C16H22N2O3. The summed E-state index contributed by atoms with van der Waals surface area (Å²) < 4.78 is 5.25. The molecule has 1 fully saturated rings. The van der Waals surface area contributed by atoms with E-state index in [0.717, 1.165) is 18.4 Å². The van der Waals surface area contributed by atoms with Crippen molar-refractivity contribution in [1.82, 2.24) is 10.2 Å². The molecule has 0 aromatic heterocycles. The van der Waals surface area contributed by atoms with Gasteiger partial charge in [-0.15, -0.1) is 0 Å². The quantitative estimate of drug-likeness (QED) is 0.875. The van der Waals surface area contributed by atoms with E-state index in [9.17, 15) is 9.90 Å². The second kappa shape index (κ2) is 6.45. The van der Waals surface area contributed by atoms with Crippen LogP contribution >= 0.6 is 0 Å². The number of carbonyl (C=O) groups is 1. The van der Waals surface area contributed by atoms with Gasteiger partial charge >= 0.3 is 0 Å². The molecule has 0 spiro atoms. The van der Waals surface area contributed by atoms with Crippen molar-refractivity contribution in [2.75, 3.05) is 32.8 Å². The monoisotopic (exact) mass is 290 g/mol. The molecule has 0 bridgehead atoms. The van der Waals surface area contributed by atoms with E-state index in [1.807, 2.05) is 11.0 Å². The molecule has 1 aromatic carbocycles. The van der Waals surface area contributed by atoms with Gasteiger partial charge in [0.05, 0.1) is 13.2 Å². The fraction of sp³-hybridized carbons (Fsp3) is 0.562. The second-order valence-electron chi connectivity index (χ2n) is 5.63. The molecule has 1 saturated heterocycles. The van der Waals surface area contributed by atoms with Crippen molar-refractivity contribution < 1.29 is 14.6 Å². The Kier molecular flexibility index (Phi) is 4.41. The molecule has 0 radical (unpaired) electrons. The minimum absolute atomic E-state index is 0.194. The van der Waals surface area contributed by atoms with Gasteiger partial charge in [0.15, 0.2) is 0 Å². The van der Waals surface area contributed by atoms with Crippen molar-refractivity contribution in [3.8, 4) is 5.75 Å². The van der Waals surface area contributed by atoms with Crippen molar-refractivity contribution in [2.24, 2.45) is 0 Å². The maximum atomic E-state index is 12.1. The fourth-order valence-electron chi connectivity index (χ4n) is 3.17. The molecule has 1 aliphatic carbocycles. The topological polar surface area (TPSA) is 61.8 Å². The van der Waals surface area contributed by atoms with Gasteiger partial charge in [0, 0.05) is 32.1 Å². The number of phenolic OH excluding ortho intramolecular Hbond substituents is 1. The third kappa shape index (κ3) is 3.19. The van der Waals surface area contributed by atoms with Gasteiger partial charge in [0.1, 0.15) is 5.75 Å². The maximum Gasteiger partial charge on any atom is 0.224 e. The number of carbonyl (C=O) groups excluding carboxylic acids is 1. The van der Waals surface area contributed by atoms with E-state index in [0.29, 0.717) is 45.0 Å². The van der Waals surface area contributed by atoms with Crippen LogP contribution in [0.3, 0.4) is 0 Å². The van der Waals surface area contributed by atoms with Crippen LogP contribution in [0.1, 0.15) is 30.0 Å². The van der Waals surface area contributed by atoms with E-state index < -0.39 is 0 Å². The highest BCUT2D eigenvalue weighted by atomic mass is 16.5. The smallest absolute Gasteiger partial charge is 0.224 e. The summed E-state index contributed by atoms with van der Waals surface area (Å²) in [6, 6.07) is 5.93. The number of hydrogen-bond acceptors (Lipinski definition) is 4. The minimum Gasteiger partial charge on any atom is -0.508 e. The summed E-state index contributed by atoms with van der Waals surface area (Å²) in [7, 11) is 0. The zero-order valence-corrected chi connectivity index (χ0v) is 12.2. The van der Waals surface area contributed by atoms with Crippen molar-refractivity contribution in [1.29, 1.82) is 0 Å². The van der Waals surface area contributed by atoms with Crippen LogP contribution in [0, 0.1) is 0 Å². The summed E-state index contributed by atoms with van der Waals surface area (Å²) in [5, 5.41) is 13.3. The van der Waals surface area contributed by atoms with Gasteiger partial charge in [0.25, 0.3) is 0 Å². The lowest BCUT2D eigenvalue weighted by Gasteiger charge is -2.27. The summed E-state index contributed by atoms with van der Waals surface area (Å²) in [5.74, 6) is 0.584. The number of benzene rings is 1. The number of amides is 1. The molecule has 21 heavy (non-hydrogen) atoms. The minimum atomic E-state index is 0.194. The number of hydrogen-bond donors (Lipinski definition) is 2. The molecule has 5 heteroatoms. The van der Waals surface area contributed by atoms with Gasteiger partial charge in [-0.05, 0) is 30.0 Å². The first-order valence-electron chi connectivity index (χ1n) is 7.65. The standard InChI is InChI=1S/C16H22N2O3/c19-15-3-1-2-12-13(15)4-5-14(12)17-7-6-16(20)18-8-10-21-11-9-18/h1-3,14,17,19H,4-11H2. The zero-order chi connectivity index (χ0) is 14.7. The van der Waals surface area contributed by atoms with E-state index >= 15 is 0 Å². The third-order valence-corrected chi connectivity index (χ3v) is 4.34. The Hall–Kier alpha value is -1.59. The molecule has 114 valence electrons. The van der Waals surface area contributed by atoms with Crippen molar-refractivity contribution in [2.45, 2.75) is 25.3 Å². The molecule has 2 N–H and O–H groups in total. The number of phenols is 1. The fourth-order valence-corrected chi connectivity index (χ4v) is 3.17. The highest BCUT2D eigenvalue weighted by Crippen LogP contribution is 2.36. The van der Waals surface area contributed by atoms with Gasteiger partial charge in [-0.25, -0.2) is 0 Å². The largest absolute Gasteiger partial charge is 0.508 e. The average Bonchev–Trinajstić information content (AvgIpc) is 2.93. The number of fused-ring (bicyclic) bond motifs is 1. The number of morpholine rings is 1. The van der Waals surface area contributed by atoms with Crippen molar-refractivity contribution in [3.05, 3.63) is 29.3 Å². The summed E-state index contributed by atoms with van der Waals surface area (Å²) in [4.78, 5) is 13.9. The molecule has 1 unspecified atom stereocenters. The Balaban J connectivity index is 1.49. The Morgan fingerprint density at radius 3 is 3.00 bits per heavy atom. The lowest BCUT2D eigenvalue weighted by atomic mass is 10.1. The lowest BCUT2D eigenvalue weighted by molar-refractivity contribution is -0.135. The number of nitrogens with one attached hydrogen (secondary N) is 1. The maximum absolute atomic E-state index is 12.1. The van der Waals surface area contributed by atoms with E-state index in [-0.39, 0.29) is 11.9 Å². The summed E-state index contributed by atoms with van der Waals surface area (Å²) in [5.41, 5.74) is 2.23. The third-order valence-electron chi connectivity index (χ3n) is 4.34. The van der Waals surface area contributed by atoms with Gasteiger partial charge in [-0.2, -0.15) is 0 Å². The number of rotatable bonds is 4. The first-order chi connectivity index (χ1) is 10.3. The molecule has 1 aliphatic heterocycles. The van der Waals surface area contributed by atoms with Gasteiger partial charge < -0.3 is 20.1 Å². The number of nitrogens with zero attached hydrogens (tertiary/aromatic N) is 1. The van der Waals surface area contributed by atoms with Gasteiger partial charge in [-0.1, -0.05) is 12.1 Å². The van der Waals surface area contributed by atoms with Crippen molar-refractivity contribution in [3.63, 3.8) is 0 Å². The highest BCUT2D eigenvalue weighted by molar-refractivity contribution is 5.76. The SMILES string of the molecule is O=C(CCNC1CCc2c(O)cccc21)N1CCOCC1. The van der Waals surface area contributed by atoms with Gasteiger partial charge in [-0.3, -0.25) is 4.79 Å². The molecule has 1 aromatic rings. The second-order valence-corrected chi connectivity index (χ2v) is 5.63. The first-order valence-corrected chi connectivity index (χ1v) is 7.65.